The van der Waals surface area contributed by atoms with E-state index in [1.54, 1.807) is 19.0 Å². The van der Waals surface area contributed by atoms with Gasteiger partial charge in [0.25, 0.3) is 5.91 Å². The number of carbonyl (C=O) groups excluding carboxylic acids is 1. The first-order valence-electron chi connectivity index (χ1n) is 9.38. The molecule has 0 radical (unpaired) electrons. The molecule has 1 amide bonds. The predicted molar refractivity (Wildman–Crippen MR) is 114 cm³/mol. The number of hydrogen-bond donors (Lipinski definition) is 0. The average molecular weight is 381 g/mol. The Morgan fingerprint density at radius 2 is 1.72 bits per heavy atom. The van der Waals surface area contributed by atoms with Crippen LogP contribution in [0.5, 0.6) is 0 Å². The zero-order valence-electron chi connectivity index (χ0n) is 16.2. The second-order valence-corrected chi connectivity index (χ2v) is 7.21. The van der Waals surface area contributed by atoms with E-state index in [1.165, 1.54) is 0 Å². The number of furan rings is 1. The number of para-hydroxylation sites is 1. The van der Waals surface area contributed by atoms with Crippen molar-refractivity contribution in [3.63, 3.8) is 0 Å². The Kier molecular flexibility index (Phi) is 3.95. The lowest BCUT2D eigenvalue weighted by atomic mass is 10.1. The minimum Gasteiger partial charge on any atom is -0.454 e. The average Bonchev–Trinajstić information content (AvgIpc) is 3.36. The van der Waals surface area contributed by atoms with Crippen molar-refractivity contribution < 1.29 is 9.21 Å². The molecule has 5 aromatic rings. The molecule has 0 saturated heterocycles. The van der Waals surface area contributed by atoms with Crippen molar-refractivity contribution in [1.82, 2.24) is 14.3 Å². The zero-order chi connectivity index (χ0) is 20.0. The largest absolute Gasteiger partial charge is 0.454 e. The van der Waals surface area contributed by atoms with E-state index in [0.717, 1.165) is 39.2 Å². The third kappa shape index (κ3) is 2.97. The van der Waals surface area contributed by atoms with Crippen molar-refractivity contribution in [3.05, 3.63) is 84.7 Å². The van der Waals surface area contributed by atoms with E-state index in [1.807, 2.05) is 83.5 Å². The SMILES string of the molecule is CN(C)C(=O)c1ccc(-c2ccc3ncc(-c4cc5ccccc5o4)n3c2)cc1. The standard InChI is InChI=1S/C24H19N3O2/c1-26(2)24(28)17-9-7-16(8-10-17)19-11-12-23-25-14-20(27(23)15-19)22-13-18-5-3-4-6-21(18)29-22/h3-15H,1-2H3. The van der Waals surface area contributed by atoms with Crippen molar-refractivity contribution in [2.24, 2.45) is 0 Å². The van der Waals surface area contributed by atoms with Crippen LogP contribution >= 0.6 is 0 Å². The van der Waals surface area contributed by atoms with Gasteiger partial charge in [0, 0.05) is 31.2 Å². The second kappa shape index (κ2) is 6.63. The Hall–Kier alpha value is -3.86. The number of fused-ring (bicyclic) bond motifs is 2. The first kappa shape index (κ1) is 17.3. The molecule has 0 unspecified atom stereocenters. The summed E-state index contributed by atoms with van der Waals surface area (Å²) in [5, 5.41) is 1.06. The lowest BCUT2D eigenvalue weighted by Crippen LogP contribution is -2.21. The third-order valence-corrected chi connectivity index (χ3v) is 5.05. The summed E-state index contributed by atoms with van der Waals surface area (Å²) in [5.41, 5.74) is 5.35. The molecule has 0 atom stereocenters. The number of benzene rings is 2. The van der Waals surface area contributed by atoms with Crippen LogP contribution in [-0.2, 0) is 0 Å². The maximum Gasteiger partial charge on any atom is 0.253 e. The van der Waals surface area contributed by atoms with Gasteiger partial charge in [0.05, 0.1) is 6.20 Å². The number of hydrogen-bond acceptors (Lipinski definition) is 3. The first-order valence-corrected chi connectivity index (χ1v) is 9.38. The van der Waals surface area contributed by atoms with Crippen LogP contribution in [0.2, 0.25) is 0 Å². The Bertz CT molecular complexity index is 1310. The van der Waals surface area contributed by atoms with Gasteiger partial charge in [-0.3, -0.25) is 9.20 Å². The molecule has 5 heteroatoms. The van der Waals surface area contributed by atoms with E-state index in [-0.39, 0.29) is 5.91 Å². The highest BCUT2D eigenvalue weighted by atomic mass is 16.3. The van der Waals surface area contributed by atoms with Gasteiger partial charge in [-0.25, -0.2) is 4.98 Å². The van der Waals surface area contributed by atoms with Crippen molar-refractivity contribution in [3.8, 4) is 22.6 Å². The molecule has 5 rings (SSSR count). The molecule has 0 spiro atoms. The van der Waals surface area contributed by atoms with Crippen LogP contribution < -0.4 is 0 Å². The molecule has 0 saturated carbocycles. The summed E-state index contributed by atoms with van der Waals surface area (Å²) in [7, 11) is 3.51. The van der Waals surface area contributed by atoms with Crippen LogP contribution in [0.25, 0.3) is 39.2 Å². The van der Waals surface area contributed by atoms with Crippen LogP contribution in [0, 0.1) is 0 Å². The molecule has 3 aromatic heterocycles. The number of imidazole rings is 1. The van der Waals surface area contributed by atoms with Gasteiger partial charge in [-0.1, -0.05) is 30.3 Å². The highest BCUT2D eigenvalue weighted by molar-refractivity contribution is 5.94. The molecular formula is C24H19N3O2. The van der Waals surface area contributed by atoms with E-state index >= 15 is 0 Å². The van der Waals surface area contributed by atoms with E-state index in [9.17, 15) is 4.79 Å². The normalized spacial score (nSPS) is 11.2. The summed E-state index contributed by atoms with van der Waals surface area (Å²) in [5.74, 6) is 0.775. The quantitative estimate of drug-likeness (QED) is 0.436. The lowest BCUT2D eigenvalue weighted by molar-refractivity contribution is 0.0827. The number of amides is 1. The number of nitrogens with zero attached hydrogens (tertiary/aromatic N) is 3. The fourth-order valence-corrected chi connectivity index (χ4v) is 3.51. The lowest BCUT2D eigenvalue weighted by Gasteiger charge is -2.11. The van der Waals surface area contributed by atoms with Crippen molar-refractivity contribution in [2.75, 3.05) is 14.1 Å². The van der Waals surface area contributed by atoms with Gasteiger partial charge in [-0.2, -0.15) is 0 Å². The summed E-state index contributed by atoms with van der Waals surface area (Å²) < 4.78 is 8.06. The molecule has 0 N–H and O–H groups in total. The Morgan fingerprint density at radius 3 is 2.48 bits per heavy atom. The molecule has 142 valence electrons. The van der Waals surface area contributed by atoms with Gasteiger partial charge in [0.15, 0.2) is 5.76 Å². The molecular weight excluding hydrogens is 362 g/mol. The minimum atomic E-state index is -0.00576. The summed E-state index contributed by atoms with van der Waals surface area (Å²) in [6, 6.07) is 21.7. The molecule has 5 nitrogen and oxygen atoms in total. The first-order chi connectivity index (χ1) is 14.1. The van der Waals surface area contributed by atoms with Crippen molar-refractivity contribution >= 4 is 22.5 Å². The molecule has 0 fully saturated rings. The molecule has 0 aliphatic rings. The number of aromatic nitrogens is 2. The van der Waals surface area contributed by atoms with Crippen LogP contribution in [-0.4, -0.2) is 34.3 Å². The van der Waals surface area contributed by atoms with Gasteiger partial charge in [0.2, 0.25) is 0 Å². The highest BCUT2D eigenvalue weighted by Crippen LogP contribution is 2.30. The summed E-state index contributed by atoms with van der Waals surface area (Å²) in [4.78, 5) is 18.2. The van der Waals surface area contributed by atoms with Gasteiger partial charge < -0.3 is 9.32 Å². The highest BCUT2D eigenvalue weighted by Gasteiger charge is 2.13. The molecule has 0 bridgehead atoms. The maximum atomic E-state index is 12.1. The summed E-state index contributed by atoms with van der Waals surface area (Å²) >= 11 is 0. The number of rotatable bonds is 3. The van der Waals surface area contributed by atoms with Gasteiger partial charge in [0.1, 0.15) is 16.9 Å². The monoisotopic (exact) mass is 381 g/mol. The third-order valence-electron chi connectivity index (χ3n) is 5.05. The predicted octanol–water partition coefficient (Wildman–Crippen LogP) is 5.12. The fraction of sp³-hybridized carbons (Fsp3) is 0.0833. The molecule has 0 aliphatic carbocycles. The summed E-state index contributed by atoms with van der Waals surface area (Å²) in [6.07, 6.45) is 3.88. The van der Waals surface area contributed by atoms with Crippen LogP contribution in [0.15, 0.2) is 83.5 Å². The fourth-order valence-electron chi connectivity index (χ4n) is 3.51. The number of pyridine rings is 1. The minimum absolute atomic E-state index is 0.00576. The Labute approximate surface area is 167 Å². The van der Waals surface area contributed by atoms with E-state index in [2.05, 4.69) is 4.98 Å². The van der Waals surface area contributed by atoms with Crippen LogP contribution in [0.1, 0.15) is 10.4 Å². The van der Waals surface area contributed by atoms with Crippen LogP contribution in [0.4, 0.5) is 0 Å². The maximum absolute atomic E-state index is 12.1. The van der Waals surface area contributed by atoms with Crippen molar-refractivity contribution in [1.29, 1.82) is 0 Å². The molecule has 0 aliphatic heterocycles. The topological polar surface area (TPSA) is 50.8 Å². The van der Waals surface area contributed by atoms with E-state index in [4.69, 9.17) is 4.42 Å². The van der Waals surface area contributed by atoms with Gasteiger partial charge in [-0.05, 0) is 47.5 Å². The van der Waals surface area contributed by atoms with Crippen molar-refractivity contribution in [2.45, 2.75) is 0 Å². The molecule has 3 heterocycles. The summed E-state index contributed by atoms with van der Waals surface area (Å²) in [6.45, 7) is 0. The molecule has 2 aromatic carbocycles. The zero-order valence-corrected chi connectivity index (χ0v) is 16.2. The smallest absolute Gasteiger partial charge is 0.253 e. The second-order valence-electron chi connectivity index (χ2n) is 7.21. The molecule has 29 heavy (non-hydrogen) atoms. The van der Waals surface area contributed by atoms with E-state index in [0.29, 0.717) is 5.56 Å². The van der Waals surface area contributed by atoms with Gasteiger partial charge in [-0.15, -0.1) is 0 Å². The Balaban J connectivity index is 1.56. The number of carbonyl (C=O) groups is 1. The van der Waals surface area contributed by atoms with E-state index < -0.39 is 0 Å². The Morgan fingerprint density at radius 1 is 0.966 bits per heavy atom. The van der Waals surface area contributed by atoms with Crippen LogP contribution in [0.3, 0.4) is 0 Å². The van der Waals surface area contributed by atoms with Gasteiger partial charge >= 0.3 is 0 Å².